The molecule has 1 N–H and O–H groups in total. The van der Waals surface area contributed by atoms with Gasteiger partial charge in [0, 0.05) is 5.69 Å². The molecule has 0 saturated heterocycles. The molecule has 0 bridgehead atoms. The Hall–Kier alpha value is -4.00. The molecule has 7 heteroatoms. The zero-order chi connectivity index (χ0) is 22.0. The number of nitrogens with one attached hydrogen (secondary N) is 1. The summed E-state index contributed by atoms with van der Waals surface area (Å²) in [5, 5.41) is 2.42. The quantitative estimate of drug-likeness (QED) is 0.480. The highest BCUT2D eigenvalue weighted by molar-refractivity contribution is 5.98. The molecule has 0 radical (unpaired) electrons. The summed E-state index contributed by atoms with van der Waals surface area (Å²) in [7, 11) is 0. The number of fused-ring (bicyclic) bond motifs is 1. The van der Waals surface area contributed by atoms with Crippen LogP contribution in [-0.2, 0) is 9.53 Å². The van der Waals surface area contributed by atoms with Crippen LogP contribution in [0, 0.1) is 12.7 Å². The number of halogens is 1. The molecule has 1 amide bonds. The van der Waals surface area contributed by atoms with Crippen LogP contribution >= 0.6 is 0 Å². The predicted octanol–water partition coefficient (Wildman–Crippen LogP) is 4.66. The number of hydrogen-bond acceptors (Lipinski definition) is 4. The number of benzene rings is 3. The fraction of sp³-hybridized carbons (Fsp3) is 0.125. The van der Waals surface area contributed by atoms with Gasteiger partial charge in [-0.05, 0) is 56.3 Å². The third-order valence-corrected chi connectivity index (χ3v) is 4.86. The van der Waals surface area contributed by atoms with Crippen molar-refractivity contribution in [1.29, 1.82) is 0 Å². The smallest absolute Gasteiger partial charge is 0.338 e. The third-order valence-electron chi connectivity index (χ3n) is 4.86. The summed E-state index contributed by atoms with van der Waals surface area (Å²) in [5.41, 5.74) is 2.76. The van der Waals surface area contributed by atoms with Gasteiger partial charge in [0.05, 0.1) is 22.3 Å². The molecule has 0 saturated carbocycles. The standard InChI is InChI=1S/C24H20FN3O3/c1-15(23(29)27-20-11-7-6-10-19(20)25)31-24(30)17-12-13-22-21(14-17)26-16(2)28(22)18-8-4-3-5-9-18/h3-15H,1-2H3,(H,27,29)/t15-/m1/s1. The number of aromatic nitrogens is 2. The van der Waals surface area contributed by atoms with Crippen molar-refractivity contribution in [3.05, 3.63) is 90.0 Å². The molecule has 0 unspecified atom stereocenters. The number of anilines is 1. The van der Waals surface area contributed by atoms with E-state index in [0.717, 1.165) is 17.0 Å². The minimum atomic E-state index is -1.11. The summed E-state index contributed by atoms with van der Waals surface area (Å²) < 4.78 is 21.0. The van der Waals surface area contributed by atoms with Crippen molar-refractivity contribution in [3.63, 3.8) is 0 Å². The number of rotatable bonds is 5. The van der Waals surface area contributed by atoms with E-state index < -0.39 is 23.8 Å². The molecule has 31 heavy (non-hydrogen) atoms. The SMILES string of the molecule is Cc1nc2cc(C(=O)O[C@H](C)C(=O)Nc3ccccc3F)ccc2n1-c1ccccc1. The van der Waals surface area contributed by atoms with Crippen molar-refractivity contribution in [2.24, 2.45) is 0 Å². The van der Waals surface area contributed by atoms with E-state index in [9.17, 15) is 14.0 Å². The molecule has 3 aromatic carbocycles. The van der Waals surface area contributed by atoms with E-state index in [-0.39, 0.29) is 11.3 Å². The first kappa shape index (κ1) is 20.3. The maximum atomic E-state index is 13.7. The molecule has 1 heterocycles. The number of carbonyl (C=O) groups excluding carboxylic acids is 2. The summed E-state index contributed by atoms with van der Waals surface area (Å²) in [5.74, 6) is -1.07. The minimum absolute atomic E-state index is 0.0266. The van der Waals surface area contributed by atoms with Crippen LogP contribution in [0.4, 0.5) is 10.1 Å². The van der Waals surface area contributed by atoms with Gasteiger partial charge in [-0.2, -0.15) is 0 Å². The molecule has 0 spiro atoms. The number of ether oxygens (including phenoxy) is 1. The van der Waals surface area contributed by atoms with Gasteiger partial charge in [0.25, 0.3) is 5.91 Å². The van der Waals surface area contributed by atoms with Crippen LogP contribution in [0.3, 0.4) is 0 Å². The number of carbonyl (C=O) groups is 2. The number of imidazole rings is 1. The van der Waals surface area contributed by atoms with Crippen LogP contribution in [0.2, 0.25) is 0 Å². The van der Waals surface area contributed by atoms with Gasteiger partial charge in [-0.1, -0.05) is 30.3 Å². The fourth-order valence-corrected chi connectivity index (χ4v) is 3.31. The average Bonchev–Trinajstić information content (AvgIpc) is 3.10. The molecule has 0 aliphatic carbocycles. The fourth-order valence-electron chi connectivity index (χ4n) is 3.31. The first-order chi connectivity index (χ1) is 14.9. The van der Waals surface area contributed by atoms with Gasteiger partial charge >= 0.3 is 5.97 Å². The highest BCUT2D eigenvalue weighted by Crippen LogP contribution is 2.23. The van der Waals surface area contributed by atoms with E-state index in [4.69, 9.17) is 4.74 Å². The maximum absolute atomic E-state index is 13.7. The normalized spacial score (nSPS) is 11.8. The third kappa shape index (κ3) is 4.16. The number of esters is 1. The molecule has 156 valence electrons. The van der Waals surface area contributed by atoms with Crippen molar-refractivity contribution in [2.75, 3.05) is 5.32 Å². The predicted molar refractivity (Wildman–Crippen MR) is 116 cm³/mol. The Morgan fingerprint density at radius 2 is 1.74 bits per heavy atom. The van der Waals surface area contributed by atoms with Gasteiger partial charge in [0.2, 0.25) is 0 Å². The summed E-state index contributed by atoms with van der Waals surface area (Å²) in [6, 6.07) is 20.6. The topological polar surface area (TPSA) is 73.2 Å². The summed E-state index contributed by atoms with van der Waals surface area (Å²) in [4.78, 5) is 29.4. The van der Waals surface area contributed by atoms with Crippen LogP contribution in [0.15, 0.2) is 72.8 Å². The summed E-state index contributed by atoms with van der Waals surface area (Å²) in [6.45, 7) is 3.32. The number of para-hydroxylation sites is 2. The lowest BCUT2D eigenvalue weighted by Gasteiger charge is -2.14. The molecule has 4 rings (SSSR count). The number of hydrogen-bond donors (Lipinski definition) is 1. The largest absolute Gasteiger partial charge is 0.449 e. The average molecular weight is 417 g/mol. The Kier molecular flexibility index (Phi) is 5.49. The Bertz CT molecular complexity index is 1270. The second-order valence-electron chi connectivity index (χ2n) is 7.05. The monoisotopic (exact) mass is 417 g/mol. The van der Waals surface area contributed by atoms with Crippen molar-refractivity contribution >= 4 is 28.6 Å². The summed E-state index contributed by atoms with van der Waals surface area (Å²) in [6.07, 6.45) is -1.11. The zero-order valence-corrected chi connectivity index (χ0v) is 17.0. The van der Waals surface area contributed by atoms with Gasteiger partial charge in [-0.3, -0.25) is 9.36 Å². The number of amides is 1. The highest BCUT2D eigenvalue weighted by Gasteiger charge is 2.21. The van der Waals surface area contributed by atoms with Crippen LogP contribution < -0.4 is 5.32 Å². The first-order valence-corrected chi connectivity index (χ1v) is 9.75. The van der Waals surface area contributed by atoms with Crippen LogP contribution in [0.25, 0.3) is 16.7 Å². The van der Waals surface area contributed by atoms with Crippen molar-refractivity contribution < 1.29 is 18.7 Å². The van der Waals surface area contributed by atoms with E-state index in [0.29, 0.717) is 5.52 Å². The summed E-state index contributed by atoms with van der Waals surface area (Å²) >= 11 is 0. The first-order valence-electron chi connectivity index (χ1n) is 9.75. The Morgan fingerprint density at radius 1 is 1.03 bits per heavy atom. The minimum Gasteiger partial charge on any atom is -0.449 e. The Balaban J connectivity index is 1.51. The van der Waals surface area contributed by atoms with Crippen LogP contribution in [0.1, 0.15) is 23.1 Å². The molecule has 6 nitrogen and oxygen atoms in total. The zero-order valence-electron chi connectivity index (χ0n) is 17.0. The lowest BCUT2D eigenvalue weighted by atomic mass is 10.2. The number of aryl methyl sites for hydroxylation is 1. The van der Waals surface area contributed by atoms with Gasteiger partial charge in [-0.15, -0.1) is 0 Å². The van der Waals surface area contributed by atoms with Gasteiger partial charge < -0.3 is 10.1 Å². The molecule has 0 fully saturated rings. The molecule has 1 atom stereocenters. The van der Waals surface area contributed by atoms with E-state index in [1.165, 1.54) is 25.1 Å². The van der Waals surface area contributed by atoms with E-state index in [1.807, 2.05) is 41.8 Å². The maximum Gasteiger partial charge on any atom is 0.338 e. The number of nitrogens with zero attached hydrogens (tertiary/aromatic N) is 2. The van der Waals surface area contributed by atoms with Crippen LogP contribution in [-0.4, -0.2) is 27.5 Å². The van der Waals surface area contributed by atoms with E-state index >= 15 is 0 Å². The molecule has 0 aliphatic rings. The van der Waals surface area contributed by atoms with E-state index in [1.54, 1.807) is 24.3 Å². The van der Waals surface area contributed by atoms with Gasteiger partial charge in [0.1, 0.15) is 11.6 Å². The lowest BCUT2D eigenvalue weighted by molar-refractivity contribution is -0.123. The lowest BCUT2D eigenvalue weighted by Crippen LogP contribution is -2.30. The second-order valence-corrected chi connectivity index (χ2v) is 7.05. The van der Waals surface area contributed by atoms with E-state index in [2.05, 4.69) is 10.3 Å². The van der Waals surface area contributed by atoms with Crippen molar-refractivity contribution in [3.8, 4) is 5.69 Å². The molecular formula is C24H20FN3O3. The van der Waals surface area contributed by atoms with Crippen molar-refractivity contribution in [1.82, 2.24) is 9.55 Å². The Morgan fingerprint density at radius 3 is 2.48 bits per heavy atom. The van der Waals surface area contributed by atoms with Crippen molar-refractivity contribution in [2.45, 2.75) is 20.0 Å². The molecule has 1 aromatic heterocycles. The molecule has 4 aromatic rings. The second kappa shape index (κ2) is 8.39. The van der Waals surface area contributed by atoms with Gasteiger partial charge in [0.15, 0.2) is 6.10 Å². The van der Waals surface area contributed by atoms with Crippen LogP contribution in [0.5, 0.6) is 0 Å². The highest BCUT2D eigenvalue weighted by atomic mass is 19.1. The molecular weight excluding hydrogens is 397 g/mol. The van der Waals surface area contributed by atoms with Gasteiger partial charge in [-0.25, -0.2) is 14.2 Å². The molecule has 0 aliphatic heterocycles. The Labute approximate surface area is 178 Å².